The first-order chi connectivity index (χ1) is 12.5. The van der Waals surface area contributed by atoms with Gasteiger partial charge in [0.05, 0.1) is 18.8 Å². The van der Waals surface area contributed by atoms with Gasteiger partial charge >= 0.3 is 5.97 Å². The minimum absolute atomic E-state index is 0.0850. The second-order valence-electron chi connectivity index (χ2n) is 5.58. The van der Waals surface area contributed by atoms with E-state index in [2.05, 4.69) is 0 Å². The van der Waals surface area contributed by atoms with Crippen LogP contribution in [0.3, 0.4) is 0 Å². The van der Waals surface area contributed by atoms with Crippen LogP contribution in [0.25, 0.3) is 5.69 Å². The lowest BCUT2D eigenvalue weighted by Crippen LogP contribution is -2.24. The Kier molecular flexibility index (Phi) is 5.23. The SMILES string of the molecule is CCOC(=O)c1cn(Cc2cccc(F)c2)n(-c2ccc(Cl)cc2)c1=O. The Morgan fingerprint density at radius 1 is 1.19 bits per heavy atom. The summed E-state index contributed by atoms with van der Waals surface area (Å²) < 4.78 is 21.3. The number of ether oxygens (including phenoxy) is 1. The second kappa shape index (κ2) is 7.58. The van der Waals surface area contributed by atoms with E-state index in [1.54, 1.807) is 48.0 Å². The maximum Gasteiger partial charge on any atom is 0.345 e. The highest BCUT2D eigenvalue weighted by molar-refractivity contribution is 6.30. The lowest BCUT2D eigenvalue weighted by molar-refractivity contribution is 0.0524. The molecule has 134 valence electrons. The second-order valence-corrected chi connectivity index (χ2v) is 6.02. The molecule has 3 rings (SSSR count). The van der Waals surface area contributed by atoms with Crippen LogP contribution in [0.5, 0.6) is 0 Å². The number of esters is 1. The van der Waals surface area contributed by atoms with E-state index in [0.29, 0.717) is 16.3 Å². The van der Waals surface area contributed by atoms with Crippen molar-refractivity contribution in [1.82, 2.24) is 9.36 Å². The highest BCUT2D eigenvalue weighted by atomic mass is 35.5. The van der Waals surface area contributed by atoms with Gasteiger partial charge in [-0.3, -0.25) is 9.48 Å². The summed E-state index contributed by atoms with van der Waals surface area (Å²) in [7, 11) is 0. The van der Waals surface area contributed by atoms with E-state index in [9.17, 15) is 14.0 Å². The molecule has 0 aliphatic rings. The van der Waals surface area contributed by atoms with E-state index in [4.69, 9.17) is 16.3 Å². The summed E-state index contributed by atoms with van der Waals surface area (Å²) in [4.78, 5) is 24.9. The van der Waals surface area contributed by atoms with Crippen LogP contribution in [0.1, 0.15) is 22.8 Å². The molecule has 7 heteroatoms. The molecule has 0 spiro atoms. The van der Waals surface area contributed by atoms with Gasteiger partial charge in [-0.2, -0.15) is 0 Å². The van der Waals surface area contributed by atoms with Gasteiger partial charge in [0.25, 0.3) is 5.56 Å². The summed E-state index contributed by atoms with van der Waals surface area (Å²) in [5.41, 5.74) is 0.588. The first kappa shape index (κ1) is 17.9. The number of nitrogens with zero attached hydrogens (tertiary/aromatic N) is 2. The smallest absolute Gasteiger partial charge is 0.345 e. The van der Waals surface area contributed by atoms with Crippen molar-refractivity contribution in [2.75, 3.05) is 6.61 Å². The summed E-state index contributed by atoms with van der Waals surface area (Å²) in [6.07, 6.45) is 1.42. The fraction of sp³-hybridized carbons (Fsp3) is 0.158. The van der Waals surface area contributed by atoms with Crippen LogP contribution in [0.15, 0.2) is 59.5 Å². The fourth-order valence-electron chi connectivity index (χ4n) is 2.63. The van der Waals surface area contributed by atoms with Crippen molar-refractivity contribution in [2.45, 2.75) is 13.5 Å². The Morgan fingerprint density at radius 2 is 1.92 bits per heavy atom. The normalized spacial score (nSPS) is 10.7. The minimum Gasteiger partial charge on any atom is -0.462 e. The largest absolute Gasteiger partial charge is 0.462 e. The number of carbonyl (C=O) groups is 1. The molecule has 0 radical (unpaired) electrons. The number of hydrogen-bond acceptors (Lipinski definition) is 3. The third kappa shape index (κ3) is 3.70. The predicted octanol–water partition coefficient (Wildman–Crippen LogP) is 3.66. The molecular weight excluding hydrogens is 359 g/mol. The number of hydrogen-bond donors (Lipinski definition) is 0. The zero-order valence-electron chi connectivity index (χ0n) is 14.0. The molecule has 0 saturated carbocycles. The number of benzene rings is 2. The van der Waals surface area contributed by atoms with Gasteiger partial charge in [-0.25, -0.2) is 13.9 Å². The van der Waals surface area contributed by atoms with Crippen LogP contribution in [-0.4, -0.2) is 21.9 Å². The Bertz CT molecular complexity index is 993. The van der Waals surface area contributed by atoms with Crippen molar-refractivity contribution >= 4 is 17.6 Å². The van der Waals surface area contributed by atoms with Gasteiger partial charge in [-0.05, 0) is 48.9 Å². The first-order valence-corrected chi connectivity index (χ1v) is 8.37. The zero-order valence-corrected chi connectivity index (χ0v) is 14.7. The molecule has 2 aromatic carbocycles. The van der Waals surface area contributed by atoms with Crippen molar-refractivity contribution in [3.63, 3.8) is 0 Å². The van der Waals surface area contributed by atoms with E-state index >= 15 is 0 Å². The van der Waals surface area contributed by atoms with Crippen molar-refractivity contribution in [3.05, 3.63) is 87.0 Å². The quantitative estimate of drug-likeness (QED) is 0.640. The molecule has 0 amide bonds. The third-order valence-electron chi connectivity index (χ3n) is 3.76. The number of aromatic nitrogens is 2. The van der Waals surface area contributed by atoms with Gasteiger partial charge in [-0.1, -0.05) is 23.7 Å². The van der Waals surface area contributed by atoms with Gasteiger partial charge in [0.15, 0.2) is 0 Å². The van der Waals surface area contributed by atoms with Crippen LogP contribution in [0, 0.1) is 5.82 Å². The maximum absolute atomic E-state index is 13.5. The fourth-order valence-corrected chi connectivity index (χ4v) is 2.75. The van der Waals surface area contributed by atoms with Crippen LogP contribution < -0.4 is 5.56 Å². The molecule has 0 saturated heterocycles. The Hall–Kier alpha value is -2.86. The molecule has 1 heterocycles. The van der Waals surface area contributed by atoms with Crippen LogP contribution in [-0.2, 0) is 11.3 Å². The summed E-state index contributed by atoms with van der Waals surface area (Å²) in [5, 5.41) is 0.524. The number of carbonyl (C=O) groups excluding carboxylic acids is 1. The van der Waals surface area contributed by atoms with E-state index in [1.165, 1.54) is 23.0 Å². The lowest BCUT2D eigenvalue weighted by atomic mass is 10.2. The van der Waals surface area contributed by atoms with Crippen molar-refractivity contribution in [2.24, 2.45) is 0 Å². The molecule has 0 aliphatic carbocycles. The zero-order chi connectivity index (χ0) is 18.7. The predicted molar refractivity (Wildman–Crippen MR) is 96.5 cm³/mol. The van der Waals surface area contributed by atoms with E-state index in [-0.39, 0.29) is 24.5 Å². The van der Waals surface area contributed by atoms with Gasteiger partial charge in [-0.15, -0.1) is 0 Å². The molecule has 0 atom stereocenters. The van der Waals surface area contributed by atoms with Gasteiger partial charge in [0.1, 0.15) is 11.4 Å². The van der Waals surface area contributed by atoms with E-state index in [1.807, 2.05) is 0 Å². The van der Waals surface area contributed by atoms with Crippen LogP contribution >= 0.6 is 11.6 Å². The van der Waals surface area contributed by atoms with Gasteiger partial charge in [0, 0.05) is 11.2 Å². The van der Waals surface area contributed by atoms with Crippen LogP contribution in [0.2, 0.25) is 5.02 Å². The van der Waals surface area contributed by atoms with Gasteiger partial charge in [0.2, 0.25) is 0 Å². The summed E-state index contributed by atoms with van der Waals surface area (Å²) in [6.45, 7) is 2.03. The molecule has 26 heavy (non-hydrogen) atoms. The van der Waals surface area contributed by atoms with E-state index in [0.717, 1.165) is 0 Å². The highest BCUT2D eigenvalue weighted by Crippen LogP contribution is 2.15. The van der Waals surface area contributed by atoms with Gasteiger partial charge < -0.3 is 4.74 Å². The molecule has 0 fully saturated rings. The van der Waals surface area contributed by atoms with Crippen molar-refractivity contribution in [3.8, 4) is 5.69 Å². The lowest BCUT2D eigenvalue weighted by Gasteiger charge is -2.12. The summed E-state index contributed by atoms with van der Waals surface area (Å²) >= 11 is 5.91. The third-order valence-corrected chi connectivity index (χ3v) is 4.01. The summed E-state index contributed by atoms with van der Waals surface area (Å²) in [6, 6.07) is 12.7. The van der Waals surface area contributed by atoms with E-state index < -0.39 is 11.5 Å². The monoisotopic (exact) mass is 374 g/mol. The summed E-state index contributed by atoms with van der Waals surface area (Å²) in [5.74, 6) is -1.07. The molecular formula is C19H16ClFN2O3. The van der Waals surface area contributed by atoms with Crippen molar-refractivity contribution in [1.29, 1.82) is 0 Å². The molecule has 0 bridgehead atoms. The molecule has 0 N–H and O–H groups in total. The molecule has 1 aromatic heterocycles. The molecule has 0 aliphatic heterocycles. The Balaban J connectivity index is 2.11. The van der Waals surface area contributed by atoms with Crippen molar-refractivity contribution < 1.29 is 13.9 Å². The Morgan fingerprint density at radius 3 is 2.58 bits per heavy atom. The Labute approximate surface area is 154 Å². The maximum atomic E-state index is 13.5. The molecule has 3 aromatic rings. The average molecular weight is 375 g/mol. The molecule has 5 nitrogen and oxygen atoms in total. The standard InChI is InChI=1S/C19H16ClFN2O3/c1-2-26-19(25)17-12-22(11-13-4-3-5-15(21)10-13)23(18(17)24)16-8-6-14(20)7-9-16/h3-10,12H,2,11H2,1H3. The van der Waals surface area contributed by atoms with Crippen LogP contribution in [0.4, 0.5) is 4.39 Å². The number of halogens is 2. The number of rotatable bonds is 5. The average Bonchev–Trinajstić information content (AvgIpc) is 2.92. The first-order valence-electron chi connectivity index (χ1n) is 7.99. The minimum atomic E-state index is -0.696. The molecule has 0 unspecified atom stereocenters. The topological polar surface area (TPSA) is 53.2 Å². The highest BCUT2D eigenvalue weighted by Gasteiger charge is 2.20.